The van der Waals surface area contributed by atoms with Gasteiger partial charge in [-0.2, -0.15) is 0 Å². The fourth-order valence-corrected chi connectivity index (χ4v) is 4.23. The molecule has 4 rings (SSSR count). The van der Waals surface area contributed by atoms with Crippen molar-refractivity contribution < 1.29 is 9.84 Å². The van der Waals surface area contributed by atoms with Crippen LogP contribution in [0, 0.1) is 11.3 Å². The van der Waals surface area contributed by atoms with E-state index in [1.54, 1.807) is 6.07 Å². The molecular formula is C15H19NO2. The fourth-order valence-electron chi connectivity index (χ4n) is 4.23. The van der Waals surface area contributed by atoms with Crippen molar-refractivity contribution >= 4 is 5.69 Å². The monoisotopic (exact) mass is 245 g/mol. The first-order chi connectivity index (χ1) is 8.79. The fraction of sp³-hybridized carbons (Fsp3) is 0.600. The molecule has 3 atom stereocenters. The molecule has 3 fully saturated rings. The Labute approximate surface area is 107 Å². The van der Waals surface area contributed by atoms with Crippen molar-refractivity contribution in [1.82, 2.24) is 0 Å². The third-order valence-corrected chi connectivity index (χ3v) is 5.20. The van der Waals surface area contributed by atoms with Crippen LogP contribution in [-0.4, -0.2) is 23.9 Å². The summed E-state index contributed by atoms with van der Waals surface area (Å²) in [5.41, 5.74) is 1.43. The number of fused-ring (bicyclic) bond motifs is 2. The number of hydrogen-bond acceptors (Lipinski definition) is 3. The molecule has 3 nitrogen and oxygen atoms in total. The molecule has 18 heavy (non-hydrogen) atoms. The minimum absolute atomic E-state index is 0.334. The van der Waals surface area contributed by atoms with Gasteiger partial charge in [-0.15, -0.1) is 0 Å². The zero-order chi connectivity index (χ0) is 12.2. The van der Waals surface area contributed by atoms with Gasteiger partial charge in [-0.1, -0.05) is 12.5 Å². The summed E-state index contributed by atoms with van der Waals surface area (Å²) in [6.45, 7) is 0.926. The van der Waals surface area contributed by atoms with E-state index in [9.17, 15) is 5.11 Å². The maximum atomic E-state index is 9.54. The van der Waals surface area contributed by atoms with Crippen molar-refractivity contribution in [3.8, 4) is 5.75 Å². The van der Waals surface area contributed by atoms with E-state index in [2.05, 4.69) is 5.32 Å². The summed E-state index contributed by atoms with van der Waals surface area (Å²) < 4.78 is 5.91. The zero-order valence-electron chi connectivity index (χ0n) is 10.4. The predicted molar refractivity (Wildman–Crippen MR) is 69.6 cm³/mol. The number of rotatable bonds is 2. The first-order valence-corrected chi connectivity index (χ1v) is 6.97. The third kappa shape index (κ3) is 1.28. The zero-order valence-corrected chi connectivity index (χ0v) is 10.4. The lowest BCUT2D eigenvalue weighted by Crippen LogP contribution is -2.68. The summed E-state index contributed by atoms with van der Waals surface area (Å²) in [7, 11) is 0. The van der Waals surface area contributed by atoms with Crippen molar-refractivity contribution in [1.29, 1.82) is 0 Å². The molecule has 0 unspecified atom stereocenters. The smallest absolute Gasteiger partial charge is 0.117 e. The highest BCUT2D eigenvalue weighted by molar-refractivity contribution is 5.50. The largest absolute Gasteiger partial charge is 0.508 e. The Balaban J connectivity index is 1.57. The molecule has 1 aliphatic heterocycles. The number of phenols is 1. The molecule has 2 N–H and O–H groups in total. The lowest BCUT2D eigenvalue weighted by atomic mass is 9.46. The van der Waals surface area contributed by atoms with Gasteiger partial charge in [0.1, 0.15) is 5.75 Å². The Morgan fingerprint density at radius 3 is 2.94 bits per heavy atom. The number of hydrogen-bond donors (Lipinski definition) is 2. The molecule has 3 aliphatic rings. The first-order valence-electron chi connectivity index (χ1n) is 6.97. The molecule has 0 amide bonds. The molecule has 0 aromatic heterocycles. The van der Waals surface area contributed by atoms with Gasteiger partial charge in [0.05, 0.1) is 6.10 Å². The second kappa shape index (κ2) is 3.64. The molecule has 96 valence electrons. The average molecular weight is 245 g/mol. The Morgan fingerprint density at radius 2 is 2.22 bits per heavy atom. The summed E-state index contributed by atoms with van der Waals surface area (Å²) in [5, 5.41) is 13.2. The van der Waals surface area contributed by atoms with E-state index in [-0.39, 0.29) is 0 Å². The van der Waals surface area contributed by atoms with Crippen LogP contribution in [0.1, 0.15) is 25.7 Å². The molecule has 1 aromatic rings. The maximum absolute atomic E-state index is 9.54. The van der Waals surface area contributed by atoms with Crippen LogP contribution >= 0.6 is 0 Å². The van der Waals surface area contributed by atoms with Gasteiger partial charge in [-0.25, -0.2) is 0 Å². The van der Waals surface area contributed by atoms with Crippen LogP contribution in [0.3, 0.4) is 0 Å². The van der Waals surface area contributed by atoms with Gasteiger partial charge in [0, 0.05) is 35.7 Å². The summed E-state index contributed by atoms with van der Waals surface area (Å²) in [6, 6.07) is 8.00. The van der Waals surface area contributed by atoms with Crippen LogP contribution in [0.15, 0.2) is 24.3 Å². The second-order valence-electron chi connectivity index (χ2n) is 6.00. The summed E-state index contributed by atoms with van der Waals surface area (Å²) >= 11 is 0. The summed E-state index contributed by atoms with van der Waals surface area (Å²) in [6.07, 6.45) is 5.62. The number of benzene rings is 1. The van der Waals surface area contributed by atoms with Crippen LogP contribution in [0.25, 0.3) is 0 Å². The lowest BCUT2D eigenvalue weighted by Gasteiger charge is -2.63. The molecule has 0 radical (unpaired) electrons. The molecule has 1 spiro atoms. The van der Waals surface area contributed by atoms with Crippen LogP contribution in [0.2, 0.25) is 0 Å². The minimum Gasteiger partial charge on any atom is -0.508 e. The number of nitrogens with one attached hydrogen (secondary N) is 1. The molecule has 1 saturated heterocycles. The van der Waals surface area contributed by atoms with E-state index in [0.717, 1.165) is 12.3 Å². The van der Waals surface area contributed by atoms with Crippen molar-refractivity contribution in [2.24, 2.45) is 11.3 Å². The molecule has 2 aliphatic carbocycles. The number of phenolic OH excluding ortho intramolecular Hbond substituents is 1. The number of ether oxygens (including phenoxy) is 1. The first kappa shape index (κ1) is 10.7. The SMILES string of the molecule is Oc1cccc(N[C@@H]2[C@@H]3CCO[C@H]3C23CCC3)c1. The highest BCUT2D eigenvalue weighted by atomic mass is 16.5. The minimum atomic E-state index is 0.334. The second-order valence-corrected chi connectivity index (χ2v) is 6.00. The van der Waals surface area contributed by atoms with Crippen molar-refractivity contribution in [2.75, 3.05) is 11.9 Å². The van der Waals surface area contributed by atoms with Gasteiger partial charge < -0.3 is 15.2 Å². The predicted octanol–water partition coefficient (Wildman–Crippen LogP) is 2.76. The van der Waals surface area contributed by atoms with Gasteiger partial charge in [-0.3, -0.25) is 0 Å². The van der Waals surface area contributed by atoms with Crippen molar-refractivity contribution in [2.45, 2.75) is 37.8 Å². The van der Waals surface area contributed by atoms with Gasteiger partial charge in [-0.05, 0) is 31.4 Å². The van der Waals surface area contributed by atoms with E-state index in [4.69, 9.17) is 4.74 Å². The Bertz CT molecular complexity index is 469. The van der Waals surface area contributed by atoms with E-state index in [1.165, 1.54) is 25.7 Å². The van der Waals surface area contributed by atoms with E-state index in [0.29, 0.717) is 29.2 Å². The molecule has 0 bridgehead atoms. The highest BCUT2D eigenvalue weighted by Crippen LogP contribution is 2.63. The number of aromatic hydroxyl groups is 1. The highest BCUT2D eigenvalue weighted by Gasteiger charge is 2.66. The van der Waals surface area contributed by atoms with Gasteiger partial charge in [0.25, 0.3) is 0 Å². The van der Waals surface area contributed by atoms with Crippen LogP contribution in [0.5, 0.6) is 5.75 Å². The molecule has 1 aromatic carbocycles. The lowest BCUT2D eigenvalue weighted by molar-refractivity contribution is -0.158. The Kier molecular flexibility index (Phi) is 2.16. The summed E-state index contributed by atoms with van der Waals surface area (Å²) in [4.78, 5) is 0. The van der Waals surface area contributed by atoms with Gasteiger partial charge in [0.2, 0.25) is 0 Å². The van der Waals surface area contributed by atoms with Crippen LogP contribution < -0.4 is 5.32 Å². The van der Waals surface area contributed by atoms with E-state index >= 15 is 0 Å². The Hall–Kier alpha value is -1.22. The van der Waals surface area contributed by atoms with Crippen molar-refractivity contribution in [3.63, 3.8) is 0 Å². The van der Waals surface area contributed by atoms with Crippen LogP contribution in [0.4, 0.5) is 5.69 Å². The van der Waals surface area contributed by atoms with Crippen molar-refractivity contribution in [3.05, 3.63) is 24.3 Å². The maximum Gasteiger partial charge on any atom is 0.117 e. The third-order valence-electron chi connectivity index (χ3n) is 5.20. The molecule has 2 saturated carbocycles. The molecular weight excluding hydrogens is 226 g/mol. The normalized spacial score (nSPS) is 35.7. The standard InChI is InChI=1S/C15H19NO2/c17-11-4-1-3-10(9-11)16-13-12-5-8-18-14(12)15(13)6-2-7-15/h1,3-4,9,12-14,16-17H,2,5-8H2/t12-,13+,14+/m0/s1. The van der Waals surface area contributed by atoms with E-state index < -0.39 is 0 Å². The molecule has 3 heteroatoms. The Morgan fingerprint density at radius 1 is 1.33 bits per heavy atom. The topological polar surface area (TPSA) is 41.5 Å². The van der Waals surface area contributed by atoms with Gasteiger partial charge in [0.15, 0.2) is 0 Å². The average Bonchev–Trinajstić information content (AvgIpc) is 2.69. The number of anilines is 1. The quantitative estimate of drug-likeness (QED) is 0.841. The van der Waals surface area contributed by atoms with Crippen LogP contribution in [-0.2, 0) is 4.74 Å². The van der Waals surface area contributed by atoms with Gasteiger partial charge >= 0.3 is 0 Å². The summed E-state index contributed by atoms with van der Waals surface area (Å²) in [5.74, 6) is 1.01. The van der Waals surface area contributed by atoms with E-state index in [1.807, 2.05) is 18.2 Å². The molecule has 1 heterocycles.